The second-order valence-corrected chi connectivity index (χ2v) is 4.27. The summed E-state index contributed by atoms with van der Waals surface area (Å²) in [4.78, 5) is 0. The van der Waals surface area contributed by atoms with Gasteiger partial charge in [0.05, 0.1) is 12.2 Å². The van der Waals surface area contributed by atoms with E-state index in [-0.39, 0.29) is 0 Å². The first kappa shape index (κ1) is 10.2. The summed E-state index contributed by atoms with van der Waals surface area (Å²) in [6.07, 6.45) is 2.16. The smallest absolute Gasteiger partial charge is 0.108 e. The molecule has 2 atom stereocenters. The Morgan fingerprint density at radius 1 is 1.47 bits per heavy atom. The van der Waals surface area contributed by atoms with Gasteiger partial charge in [-0.2, -0.15) is 5.26 Å². The lowest BCUT2D eigenvalue weighted by Crippen LogP contribution is -2.39. The number of benzene rings is 1. The molecule has 0 fully saturated rings. The van der Waals surface area contributed by atoms with Crippen LogP contribution >= 0.6 is 0 Å². The van der Waals surface area contributed by atoms with Crippen LogP contribution in [-0.4, -0.2) is 11.2 Å². The van der Waals surface area contributed by atoms with Crippen molar-refractivity contribution in [3.63, 3.8) is 0 Å². The zero-order valence-electron chi connectivity index (χ0n) is 8.90. The average molecular weight is 201 g/mol. The topological polar surface area (TPSA) is 44.0 Å². The highest BCUT2D eigenvalue weighted by Gasteiger charge is 2.40. The second-order valence-electron chi connectivity index (χ2n) is 4.27. The van der Waals surface area contributed by atoms with Crippen molar-refractivity contribution in [1.82, 2.24) is 0 Å². The minimum absolute atomic E-state index is 0.607. The Morgan fingerprint density at radius 2 is 2.20 bits per heavy atom. The summed E-state index contributed by atoms with van der Waals surface area (Å²) in [6.45, 7) is 1.71. The third-order valence-electron chi connectivity index (χ3n) is 3.43. The summed E-state index contributed by atoms with van der Waals surface area (Å²) in [6, 6.07) is 10.3. The summed E-state index contributed by atoms with van der Waals surface area (Å²) < 4.78 is 0. The highest BCUT2D eigenvalue weighted by atomic mass is 16.3. The van der Waals surface area contributed by atoms with E-state index in [9.17, 15) is 10.4 Å². The third kappa shape index (κ3) is 1.44. The number of nitrogens with zero attached hydrogens (tertiary/aromatic N) is 1. The molecular formula is C13H15NO. The van der Waals surface area contributed by atoms with Crippen LogP contribution in [0, 0.1) is 11.3 Å². The van der Waals surface area contributed by atoms with E-state index in [1.54, 1.807) is 6.92 Å². The van der Waals surface area contributed by atoms with Gasteiger partial charge in [0.25, 0.3) is 0 Å². The largest absolute Gasteiger partial charge is 0.391 e. The minimum atomic E-state index is -0.686. The molecule has 2 heteroatoms. The summed E-state index contributed by atoms with van der Waals surface area (Å²) in [7, 11) is 0. The summed E-state index contributed by atoms with van der Waals surface area (Å²) in [5.41, 5.74) is 1.55. The molecule has 15 heavy (non-hydrogen) atoms. The molecule has 1 aromatic rings. The molecule has 0 aromatic heterocycles. The molecule has 0 saturated heterocycles. The van der Waals surface area contributed by atoms with E-state index in [2.05, 4.69) is 12.1 Å². The third-order valence-corrected chi connectivity index (χ3v) is 3.43. The molecule has 1 aliphatic rings. The van der Waals surface area contributed by atoms with E-state index < -0.39 is 11.5 Å². The summed E-state index contributed by atoms with van der Waals surface area (Å²) in [5, 5.41) is 19.2. The molecule has 2 rings (SSSR count). The predicted molar refractivity (Wildman–Crippen MR) is 58.4 cm³/mol. The molecule has 1 aromatic carbocycles. The lowest BCUT2D eigenvalue weighted by atomic mass is 9.68. The van der Waals surface area contributed by atoms with Crippen molar-refractivity contribution in [2.24, 2.45) is 0 Å². The van der Waals surface area contributed by atoms with E-state index in [1.165, 1.54) is 5.56 Å². The van der Waals surface area contributed by atoms with E-state index in [1.807, 2.05) is 18.2 Å². The summed E-state index contributed by atoms with van der Waals surface area (Å²) in [5.74, 6) is 0. The zero-order valence-corrected chi connectivity index (χ0v) is 8.90. The Labute approximate surface area is 90.2 Å². The Balaban J connectivity index is 2.58. The quantitative estimate of drug-likeness (QED) is 0.756. The standard InChI is InChI=1S/C13H15NO/c1-10(15)13(9-14)8-4-6-11-5-2-3-7-12(11)13/h2-3,5,7,10,15H,4,6,8H2,1H3. The Hall–Kier alpha value is -1.33. The number of aliphatic hydroxyl groups is 1. The highest BCUT2D eigenvalue weighted by Crippen LogP contribution is 2.39. The molecule has 0 spiro atoms. The van der Waals surface area contributed by atoms with E-state index in [0.717, 1.165) is 24.8 Å². The van der Waals surface area contributed by atoms with E-state index in [0.29, 0.717) is 0 Å². The van der Waals surface area contributed by atoms with Gasteiger partial charge in [-0.1, -0.05) is 24.3 Å². The van der Waals surface area contributed by atoms with Gasteiger partial charge in [-0.15, -0.1) is 0 Å². The maximum atomic E-state index is 9.85. The number of nitriles is 1. The Bertz CT molecular complexity index is 405. The maximum Gasteiger partial charge on any atom is 0.108 e. The minimum Gasteiger partial charge on any atom is -0.391 e. The molecule has 0 heterocycles. The van der Waals surface area contributed by atoms with Crippen LogP contribution in [0.3, 0.4) is 0 Å². The van der Waals surface area contributed by atoms with Crippen molar-refractivity contribution in [3.05, 3.63) is 35.4 Å². The van der Waals surface area contributed by atoms with Gasteiger partial charge in [0.1, 0.15) is 5.41 Å². The van der Waals surface area contributed by atoms with Crippen LogP contribution in [0.5, 0.6) is 0 Å². The van der Waals surface area contributed by atoms with Crippen molar-refractivity contribution >= 4 is 0 Å². The van der Waals surface area contributed by atoms with Gasteiger partial charge in [-0.25, -0.2) is 0 Å². The van der Waals surface area contributed by atoms with Crippen LogP contribution in [0.4, 0.5) is 0 Å². The Morgan fingerprint density at radius 3 is 2.87 bits per heavy atom. The average Bonchev–Trinajstić information content (AvgIpc) is 2.28. The van der Waals surface area contributed by atoms with E-state index in [4.69, 9.17) is 0 Å². The lowest BCUT2D eigenvalue weighted by molar-refractivity contribution is 0.117. The summed E-state index contributed by atoms with van der Waals surface area (Å²) >= 11 is 0. The lowest BCUT2D eigenvalue weighted by Gasteiger charge is -2.35. The fourth-order valence-electron chi connectivity index (χ4n) is 2.51. The van der Waals surface area contributed by atoms with Gasteiger partial charge in [0.15, 0.2) is 0 Å². The second kappa shape index (κ2) is 3.67. The number of aliphatic hydroxyl groups excluding tert-OH is 1. The molecule has 0 radical (unpaired) electrons. The van der Waals surface area contributed by atoms with Crippen LogP contribution in [0.15, 0.2) is 24.3 Å². The fourth-order valence-corrected chi connectivity index (χ4v) is 2.51. The SMILES string of the molecule is CC(O)C1(C#N)CCCc2ccccc21. The zero-order chi connectivity index (χ0) is 10.9. The normalized spacial score (nSPS) is 26.5. The first-order valence-electron chi connectivity index (χ1n) is 5.38. The molecule has 0 saturated carbocycles. The van der Waals surface area contributed by atoms with Crippen LogP contribution in [0.25, 0.3) is 0 Å². The molecule has 1 aliphatic carbocycles. The molecular weight excluding hydrogens is 186 g/mol. The van der Waals surface area contributed by atoms with Crippen molar-refractivity contribution in [3.8, 4) is 6.07 Å². The monoisotopic (exact) mass is 201 g/mol. The van der Waals surface area contributed by atoms with Gasteiger partial charge in [-0.3, -0.25) is 0 Å². The molecule has 0 aliphatic heterocycles. The van der Waals surface area contributed by atoms with Crippen molar-refractivity contribution in [1.29, 1.82) is 5.26 Å². The van der Waals surface area contributed by atoms with Crippen molar-refractivity contribution < 1.29 is 5.11 Å². The molecule has 2 unspecified atom stereocenters. The molecule has 1 N–H and O–H groups in total. The molecule has 2 nitrogen and oxygen atoms in total. The number of fused-ring (bicyclic) bond motifs is 1. The molecule has 78 valence electrons. The van der Waals surface area contributed by atoms with Crippen molar-refractivity contribution in [2.45, 2.75) is 37.7 Å². The first-order chi connectivity index (χ1) is 7.20. The van der Waals surface area contributed by atoms with E-state index >= 15 is 0 Å². The van der Waals surface area contributed by atoms with Gasteiger partial charge in [0.2, 0.25) is 0 Å². The van der Waals surface area contributed by atoms with Crippen LogP contribution in [-0.2, 0) is 11.8 Å². The maximum absolute atomic E-state index is 9.85. The van der Waals surface area contributed by atoms with Gasteiger partial charge >= 0.3 is 0 Å². The van der Waals surface area contributed by atoms with Crippen LogP contribution in [0.2, 0.25) is 0 Å². The number of aryl methyl sites for hydroxylation is 1. The number of rotatable bonds is 1. The van der Waals surface area contributed by atoms with Gasteiger partial charge < -0.3 is 5.11 Å². The molecule has 0 amide bonds. The van der Waals surface area contributed by atoms with Gasteiger partial charge in [-0.05, 0) is 37.3 Å². The number of hydrogen-bond acceptors (Lipinski definition) is 2. The fraction of sp³-hybridized carbons (Fsp3) is 0.462. The van der Waals surface area contributed by atoms with Crippen LogP contribution < -0.4 is 0 Å². The Kier molecular flexibility index (Phi) is 2.50. The van der Waals surface area contributed by atoms with Crippen LogP contribution in [0.1, 0.15) is 30.9 Å². The number of hydrogen-bond donors (Lipinski definition) is 1. The van der Waals surface area contributed by atoms with Crippen molar-refractivity contribution in [2.75, 3.05) is 0 Å². The highest BCUT2D eigenvalue weighted by molar-refractivity contribution is 5.42. The van der Waals surface area contributed by atoms with Gasteiger partial charge in [0, 0.05) is 0 Å². The first-order valence-corrected chi connectivity index (χ1v) is 5.38. The molecule has 0 bridgehead atoms. The predicted octanol–water partition coefficient (Wildman–Crippen LogP) is 2.17.